The molecule has 0 aliphatic heterocycles. The molecule has 1 atom stereocenters. The molecule has 19 heavy (non-hydrogen) atoms. The van der Waals surface area contributed by atoms with Gasteiger partial charge in [-0.15, -0.1) is 0 Å². The zero-order valence-electron chi connectivity index (χ0n) is 10.6. The number of benzene rings is 1. The number of carbonyl (C=O) groups is 1. The molecule has 0 aliphatic carbocycles. The zero-order valence-corrected chi connectivity index (χ0v) is 12.2. The lowest BCUT2D eigenvalue weighted by Gasteiger charge is -2.27. The maximum Gasteiger partial charge on any atom is 0.284 e. The van der Waals surface area contributed by atoms with Gasteiger partial charge in [-0.25, -0.2) is 0 Å². The molecule has 1 aromatic carbocycles. The molecule has 0 bridgehead atoms. The number of aliphatic hydroxyl groups is 1. The van der Waals surface area contributed by atoms with Crippen molar-refractivity contribution in [2.75, 3.05) is 6.61 Å². The Hall–Kier alpha value is -1.47. The highest BCUT2D eigenvalue weighted by atomic mass is 79.9. The highest BCUT2D eigenvalue weighted by Gasteiger charge is 2.25. The van der Waals surface area contributed by atoms with Crippen molar-refractivity contribution in [2.45, 2.75) is 25.8 Å². The number of hydrogen-bond acceptors (Lipinski definition) is 4. The van der Waals surface area contributed by atoms with Crippen molar-refractivity contribution in [3.05, 3.63) is 38.3 Å². The summed E-state index contributed by atoms with van der Waals surface area (Å²) in [6, 6.07) is 4.14. The molecular formula is C12H15BrN2O4. The van der Waals surface area contributed by atoms with Crippen molar-refractivity contribution in [1.82, 2.24) is 5.32 Å². The molecule has 104 valence electrons. The van der Waals surface area contributed by atoms with Gasteiger partial charge < -0.3 is 10.4 Å². The molecule has 0 heterocycles. The molecule has 2 N–H and O–H groups in total. The number of nitrogens with one attached hydrogen (secondary N) is 1. The normalized spacial score (nSPS) is 13.7. The first-order chi connectivity index (χ1) is 8.83. The van der Waals surface area contributed by atoms with Crippen molar-refractivity contribution in [3.8, 4) is 0 Å². The molecule has 0 saturated carbocycles. The van der Waals surface area contributed by atoms with Gasteiger partial charge in [-0.2, -0.15) is 0 Å². The van der Waals surface area contributed by atoms with E-state index in [1.807, 2.05) is 6.92 Å². The Bertz CT molecular complexity index is 501. The standard InChI is InChI=1S/C12H15BrN2O4/c1-3-12(2,7-16)14-11(17)8-4-5-9(13)10(6-8)15(18)19/h4-6,16H,3,7H2,1-2H3,(H,14,17). The smallest absolute Gasteiger partial charge is 0.284 e. The Morgan fingerprint density at radius 3 is 2.68 bits per heavy atom. The second kappa shape index (κ2) is 6.12. The van der Waals surface area contributed by atoms with E-state index >= 15 is 0 Å². The summed E-state index contributed by atoms with van der Waals surface area (Å²) in [7, 11) is 0. The molecule has 7 heteroatoms. The van der Waals surface area contributed by atoms with E-state index in [-0.39, 0.29) is 17.9 Å². The van der Waals surface area contributed by atoms with Crippen molar-refractivity contribution >= 4 is 27.5 Å². The van der Waals surface area contributed by atoms with Crippen LogP contribution in [-0.2, 0) is 0 Å². The van der Waals surface area contributed by atoms with Gasteiger partial charge in [0.1, 0.15) is 0 Å². The van der Waals surface area contributed by atoms with Crippen LogP contribution in [-0.4, -0.2) is 28.1 Å². The molecule has 0 aromatic heterocycles. The summed E-state index contributed by atoms with van der Waals surface area (Å²) >= 11 is 3.06. The van der Waals surface area contributed by atoms with Crippen LogP contribution in [0.5, 0.6) is 0 Å². The monoisotopic (exact) mass is 330 g/mol. The van der Waals surface area contributed by atoms with Crippen LogP contribution in [0, 0.1) is 10.1 Å². The third kappa shape index (κ3) is 3.74. The van der Waals surface area contributed by atoms with Crippen LogP contribution in [0.3, 0.4) is 0 Å². The lowest BCUT2D eigenvalue weighted by molar-refractivity contribution is -0.385. The van der Waals surface area contributed by atoms with Crippen LogP contribution in [0.2, 0.25) is 0 Å². The molecule has 0 radical (unpaired) electrons. The van der Waals surface area contributed by atoms with Gasteiger partial charge in [0, 0.05) is 11.6 Å². The molecule has 1 aromatic rings. The number of nitro benzene ring substituents is 1. The predicted molar refractivity (Wildman–Crippen MR) is 74.0 cm³/mol. The molecule has 0 saturated heterocycles. The Labute approximate surface area is 119 Å². The number of aliphatic hydroxyl groups excluding tert-OH is 1. The maximum absolute atomic E-state index is 12.0. The second-order valence-electron chi connectivity index (χ2n) is 4.45. The summed E-state index contributed by atoms with van der Waals surface area (Å²) in [5, 5.41) is 22.7. The largest absolute Gasteiger partial charge is 0.394 e. The summed E-state index contributed by atoms with van der Waals surface area (Å²) in [4.78, 5) is 22.2. The van der Waals surface area contributed by atoms with Gasteiger partial charge in [-0.3, -0.25) is 14.9 Å². The van der Waals surface area contributed by atoms with Gasteiger partial charge in [0.05, 0.1) is 21.5 Å². The fourth-order valence-corrected chi connectivity index (χ4v) is 1.77. The van der Waals surface area contributed by atoms with Crippen molar-refractivity contribution in [2.24, 2.45) is 0 Å². The molecule has 1 unspecified atom stereocenters. The highest BCUT2D eigenvalue weighted by Crippen LogP contribution is 2.25. The van der Waals surface area contributed by atoms with Crippen LogP contribution in [0.4, 0.5) is 5.69 Å². The average molecular weight is 331 g/mol. The van der Waals surface area contributed by atoms with Crippen LogP contribution < -0.4 is 5.32 Å². The Kier molecular flexibility index (Phi) is 5.02. The Morgan fingerprint density at radius 1 is 1.58 bits per heavy atom. The zero-order chi connectivity index (χ0) is 14.6. The number of carbonyl (C=O) groups excluding carboxylic acids is 1. The fraction of sp³-hybridized carbons (Fsp3) is 0.417. The molecule has 0 aliphatic rings. The predicted octanol–water partition coefficient (Wildman–Crippen LogP) is 2.25. The first kappa shape index (κ1) is 15.6. The summed E-state index contributed by atoms with van der Waals surface area (Å²) in [5.41, 5.74) is -0.725. The van der Waals surface area contributed by atoms with E-state index < -0.39 is 16.4 Å². The quantitative estimate of drug-likeness (QED) is 0.639. The third-order valence-corrected chi connectivity index (χ3v) is 3.62. The maximum atomic E-state index is 12.0. The van der Waals surface area contributed by atoms with Crippen LogP contribution in [0.15, 0.2) is 22.7 Å². The van der Waals surface area contributed by atoms with Crippen LogP contribution in [0.25, 0.3) is 0 Å². The number of halogens is 1. The van der Waals surface area contributed by atoms with Crippen LogP contribution >= 0.6 is 15.9 Å². The molecule has 0 spiro atoms. The summed E-state index contributed by atoms with van der Waals surface area (Å²) in [6.07, 6.45) is 0.549. The average Bonchev–Trinajstić information content (AvgIpc) is 2.38. The van der Waals surface area contributed by atoms with Crippen molar-refractivity contribution in [1.29, 1.82) is 0 Å². The lowest BCUT2D eigenvalue weighted by Crippen LogP contribution is -2.48. The first-order valence-corrected chi connectivity index (χ1v) is 6.49. The van der Waals surface area contributed by atoms with E-state index in [0.29, 0.717) is 10.9 Å². The highest BCUT2D eigenvalue weighted by molar-refractivity contribution is 9.10. The van der Waals surface area contributed by atoms with Gasteiger partial charge in [0.2, 0.25) is 0 Å². The van der Waals surface area contributed by atoms with Gasteiger partial charge >= 0.3 is 0 Å². The summed E-state index contributed by atoms with van der Waals surface area (Å²) in [5.74, 6) is -0.450. The number of hydrogen-bond donors (Lipinski definition) is 2. The molecule has 6 nitrogen and oxygen atoms in total. The Morgan fingerprint density at radius 2 is 2.21 bits per heavy atom. The number of nitro groups is 1. The SMILES string of the molecule is CCC(C)(CO)NC(=O)c1ccc(Br)c([N+](=O)[O-])c1. The number of rotatable bonds is 5. The van der Waals surface area contributed by atoms with E-state index in [4.69, 9.17) is 0 Å². The van der Waals surface area contributed by atoms with Crippen molar-refractivity contribution in [3.63, 3.8) is 0 Å². The van der Waals surface area contributed by atoms with Crippen molar-refractivity contribution < 1.29 is 14.8 Å². The molecule has 1 rings (SSSR count). The number of nitrogens with zero attached hydrogens (tertiary/aromatic N) is 1. The molecule has 0 fully saturated rings. The van der Waals surface area contributed by atoms with Gasteiger partial charge in [-0.1, -0.05) is 6.92 Å². The topological polar surface area (TPSA) is 92.5 Å². The first-order valence-electron chi connectivity index (χ1n) is 5.70. The number of amides is 1. The lowest BCUT2D eigenvalue weighted by atomic mass is 9.99. The van der Waals surface area contributed by atoms with E-state index in [1.165, 1.54) is 18.2 Å². The Balaban J connectivity index is 3.01. The van der Waals surface area contributed by atoms with Gasteiger partial charge in [-0.05, 0) is 41.4 Å². The van der Waals surface area contributed by atoms with E-state index in [2.05, 4.69) is 21.2 Å². The minimum atomic E-state index is -0.737. The fourth-order valence-electron chi connectivity index (χ4n) is 1.38. The summed E-state index contributed by atoms with van der Waals surface area (Å²) in [6.45, 7) is 3.34. The van der Waals surface area contributed by atoms with E-state index in [1.54, 1.807) is 6.92 Å². The molecular weight excluding hydrogens is 316 g/mol. The third-order valence-electron chi connectivity index (χ3n) is 2.95. The molecule has 1 amide bonds. The van der Waals surface area contributed by atoms with Gasteiger partial charge in [0.25, 0.3) is 11.6 Å². The minimum absolute atomic E-state index is 0.171. The van der Waals surface area contributed by atoms with E-state index in [0.717, 1.165) is 0 Å². The summed E-state index contributed by atoms with van der Waals surface area (Å²) < 4.78 is 0.314. The van der Waals surface area contributed by atoms with Crippen LogP contribution in [0.1, 0.15) is 30.6 Å². The van der Waals surface area contributed by atoms with Gasteiger partial charge in [0.15, 0.2) is 0 Å². The minimum Gasteiger partial charge on any atom is -0.394 e. The van der Waals surface area contributed by atoms with E-state index in [9.17, 15) is 20.0 Å². The second-order valence-corrected chi connectivity index (χ2v) is 5.30.